The monoisotopic (exact) mass is 399 g/mol. The molecule has 2 aromatic rings. The predicted molar refractivity (Wildman–Crippen MR) is 105 cm³/mol. The molecule has 1 atom stereocenters. The molecule has 3 N–H and O–H groups in total. The van der Waals surface area contributed by atoms with Crippen molar-refractivity contribution in [2.45, 2.75) is 19.6 Å². The number of nitro groups is 1. The van der Waals surface area contributed by atoms with Gasteiger partial charge in [-0.15, -0.1) is 0 Å². The zero-order chi connectivity index (χ0) is 20.3. The number of nitro benzene ring substituents is 1. The van der Waals surface area contributed by atoms with Crippen LogP contribution in [0.3, 0.4) is 0 Å². The number of hydrogen-bond donors (Lipinski definition) is 3. The van der Waals surface area contributed by atoms with Crippen LogP contribution in [0.1, 0.15) is 24.1 Å². The lowest BCUT2D eigenvalue weighted by Crippen LogP contribution is -2.45. The molecule has 28 heavy (non-hydrogen) atoms. The molecular weight excluding hydrogens is 382 g/mol. The highest BCUT2D eigenvalue weighted by Gasteiger charge is 2.32. The van der Waals surface area contributed by atoms with Gasteiger partial charge in [0.15, 0.2) is 10.9 Å². The number of benzene rings is 2. The van der Waals surface area contributed by atoms with Crippen molar-refractivity contribution < 1.29 is 19.6 Å². The number of carbonyl (C=O) groups is 1. The van der Waals surface area contributed by atoms with Crippen molar-refractivity contribution in [3.63, 3.8) is 0 Å². The third-order valence-corrected chi connectivity index (χ3v) is 4.45. The van der Waals surface area contributed by atoms with Crippen LogP contribution in [0.5, 0.6) is 5.75 Å². The first-order chi connectivity index (χ1) is 13.4. The van der Waals surface area contributed by atoms with Crippen LogP contribution in [0.4, 0.5) is 5.69 Å². The van der Waals surface area contributed by atoms with Crippen molar-refractivity contribution in [3.8, 4) is 5.75 Å². The van der Waals surface area contributed by atoms with E-state index in [0.29, 0.717) is 11.3 Å². The van der Waals surface area contributed by atoms with Gasteiger partial charge < -0.3 is 20.5 Å². The van der Waals surface area contributed by atoms with E-state index in [1.807, 2.05) is 30.3 Å². The Bertz CT molecular complexity index is 975. The van der Waals surface area contributed by atoms with Crippen LogP contribution < -0.4 is 10.6 Å². The summed E-state index contributed by atoms with van der Waals surface area (Å²) >= 11 is 5.16. The summed E-state index contributed by atoms with van der Waals surface area (Å²) in [6.45, 7) is 1.76. The average molecular weight is 399 g/mol. The average Bonchev–Trinajstić information content (AvgIpc) is 2.66. The molecule has 1 heterocycles. The number of nitrogens with one attached hydrogen (secondary N) is 2. The summed E-state index contributed by atoms with van der Waals surface area (Å²) in [5, 5.41) is 26.9. The van der Waals surface area contributed by atoms with Crippen molar-refractivity contribution in [2.75, 3.05) is 0 Å². The van der Waals surface area contributed by atoms with E-state index in [-0.39, 0.29) is 17.3 Å². The highest BCUT2D eigenvalue weighted by Crippen LogP contribution is 2.33. The second-order valence-electron chi connectivity index (χ2n) is 6.14. The van der Waals surface area contributed by atoms with Crippen LogP contribution in [0.2, 0.25) is 0 Å². The van der Waals surface area contributed by atoms with E-state index in [1.54, 1.807) is 6.92 Å². The van der Waals surface area contributed by atoms with Crippen LogP contribution in [0.25, 0.3) is 0 Å². The quantitative estimate of drug-likeness (QED) is 0.304. The molecule has 9 heteroatoms. The number of phenols is 1. The van der Waals surface area contributed by atoms with Crippen molar-refractivity contribution >= 4 is 29.0 Å². The van der Waals surface area contributed by atoms with E-state index in [9.17, 15) is 20.0 Å². The van der Waals surface area contributed by atoms with Crippen LogP contribution in [-0.4, -0.2) is 21.1 Å². The molecule has 2 aromatic carbocycles. The second kappa shape index (κ2) is 8.05. The summed E-state index contributed by atoms with van der Waals surface area (Å²) in [6.07, 6.45) is 0. The van der Waals surface area contributed by atoms with Gasteiger partial charge in [-0.3, -0.25) is 10.1 Å². The Labute approximate surface area is 166 Å². The molecule has 3 rings (SSSR count). The Morgan fingerprint density at radius 3 is 2.68 bits per heavy atom. The molecule has 0 fully saturated rings. The molecule has 0 saturated heterocycles. The normalized spacial score (nSPS) is 16.2. The molecule has 0 aliphatic carbocycles. The van der Waals surface area contributed by atoms with Gasteiger partial charge in [-0.25, -0.2) is 4.79 Å². The lowest BCUT2D eigenvalue weighted by molar-refractivity contribution is -0.385. The molecule has 0 radical (unpaired) electrons. The van der Waals surface area contributed by atoms with Crippen LogP contribution in [-0.2, 0) is 16.1 Å². The summed E-state index contributed by atoms with van der Waals surface area (Å²) in [4.78, 5) is 23.2. The third kappa shape index (κ3) is 4.09. The van der Waals surface area contributed by atoms with Gasteiger partial charge in [0.05, 0.1) is 16.5 Å². The Morgan fingerprint density at radius 1 is 1.29 bits per heavy atom. The summed E-state index contributed by atoms with van der Waals surface area (Å²) in [6, 6.07) is 12.4. The molecule has 8 nitrogen and oxygen atoms in total. The maximum atomic E-state index is 12.8. The number of phenolic OH excluding ortho intramolecular Hbond substituents is 1. The van der Waals surface area contributed by atoms with Gasteiger partial charge >= 0.3 is 11.7 Å². The van der Waals surface area contributed by atoms with Crippen LogP contribution in [0, 0.1) is 10.1 Å². The molecule has 0 spiro atoms. The number of carbonyl (C=O) groups excluding carboxylic acids is 1. The molecule has 0 saturated carbocycles. The fourth-order valence-corrected chi connectivity index (χ4v) is 3.15. The van der Waals surface area contributed by atoms with Crippen LogP contribution in [0.15, 0.2) is 59.8 Å². The van der Waals surface area contributed by atoms with Crippen LogP contribution >= 0.6 is 12.2 Å². The van der Waals surface area contributed by atoms with Crippen molar-refractivity contribution in [1.82, 2.24) is 10.6 Å². The fraction of sp³-hybridized carbons (Fsp3) is 0.158. The number of nitrogens with zero attached hydrogens (tertiary/aromatic N) is 1. The van der Waals surface area contributed by atoms with E-state index in [4.69, 9.17) is 17.0 Å². The number of hydrogen-bond acceptors (Lipinski definition) is 6. The smallest absolute Gasteiger partial charge is 0.338 e. The van der Waals surface area contributed by atoms with Gasteiger partial charge in [-0.1, -0.05) is 36.4 Å². The number of ether oxygens (including phenoxy) is 1. The zero-order valence-corrected chi connectivity index (χ0v) is 15.7. The minimum absolute atomic E-state index is 0.0867. The summed E-state index contributed by atoms with van der Waals surface area (Å²) in [5.74, 6) is -1.04. The van der Waals surface area contributed by atoms with E-state index in [0.717, 1.165) is 5.56 Å². The largest absolute Gasteiger partial charge is 0.502 e. The number of aromatic hydroxyl groups is 1. The van der Waals surface area contributed by atoms with Gasteiger partial charge in [0.1, 0.15) is 6.61 Å². The molecule has 144 valence electrons. The fourth-order valence-electron chi connectivity index (χ4n) is 2.88. The minimum Gasteiger partial charge on any atom is -0.502 e. The Hall–Kier alpha value is -3.46. The molecule has 1 unspecified atom stereocenters. The lowest BCUT2D eigenvalue weighted by atomic mass is 9.95. The Balaban J connectivity index is 1.91. The number of allylic oxidation sites excluding steroid dienone is 1. The van der Waals surface area contributed by atoms with E-state index in [2.05, 4.69) is 10.6 Å². The van der Waals surface area contributed by atoms with Gasteiger partial charge in [0, 0.05) is 11.8 Å². The zero-order valence-electron chi connectivity index (χ0n) is 14.8. The maximum Gasteiger partial charge on any atom is 0.338 e. The summed E-state index contributed by atoms with van der Waals surface area (Å²) in [7, 11) is 0. The number of esters is 1. The highest BCUT2D eigenvalue weighted by molar-refractivity contribution is 7.80. The second-order valence-corrected chi connectivity index (χ2v) is 6.55. The van der Waals surface area contributed by atoms with E-state index < -0.39 is 28.4 Å². The number of thiocarbonyl (C=S) groups is 1. The topological polar surface area (TPSA) is 114 Å². The highest BCUT2D eigenvalue weighted by atomic mass is 32.1. The minimum atomic E-state index is -0.753. The Morgan fingerprint density at radius 2 is 2.00 bits per heavy atom. The first kappa shape index (κ1) is 19.3. The molecule has 1 aliphatic rings. The lowest BCUT2D eigenvalue weighted by Gasteiger charge is -2.29. The standard InChI is InChI=1S/C19H17N3O5S/c1-11-16(18(24)27-10-12-5-3-2-4-6-12)17(21-19(28)20-11)13-7-8-15(23)14(9-13)22(25)26/h2-9,17,23H,10H2,1H3,(H2,20,21,28). The predicted octanol–water partition coefficient (Wildman–Crippen LogP) is 2.84. The summed E-state index contributed by atoms with van der Waals surface area (Å²) in [5.41, 5.74) is 1.52. The van der Waals surface area contributed by atoms with E-state index >= 15 is 0 Å². The summed E-state index contributed by atoms with van der Waals surface area (Å²) < 4.78 is 5.42. The van der Waals surface area contributed by atoms with Crippen molar-refractivity contribution in [3.05, 3.63) is 81.0 Å². The van der Waals surface area contributed by atoms with Gasteiger partial charge in [0.2, 0.25) is 0 Å². The SMILES string of the molecule is CC1=C(C(=O)OCc2ccccc2)C(c2ccc(O)c([N+](=O)[O-])c2)NC(=S)N1. The Kier molecular flexibility index (Phi) is 5.55. The van der Waals surface area contributed by atoms with E-state index in [1.165, 1.54) is 18.2 Å². The molecular formula is C19H17N3O5S. The molecule has 1 aliphatic heterocycles. The molecule has 0 aromatic heterocycles. The maximum absolute atomic E-state index is 12.8. The van der Waals surface area contributed by atoms with Crippen molar-refractivity contribution in [1.29, 1.82) is 0 Å². The first-order valence-corrected chi connectivity index (χ1v) is 8.74. The van der Waals surface area contributed by atoms with Crippen molar-refractivity contribution in [2.24, 2.45) is 0 Å². The third-order valence-electron chi connectivity index (χ3n) is 4.23. The molecule has 0 amide bonds. The van der Waals surface area contributed by atoms with Gasteiger partial charge in [0.25, 0.3) is 0 Å². The first-order valence-electron chi connectivity index (χ1n) is 8.33. The number of rotatable bonds is 5. The van der Waals surface area contributed by atoms with Gasteiger partial charge in [-0.2, -0.15) is 0 Å². The molecule has 0 bridgehead atoms. The van der Waals surface area contributed by atoms with Gasteiger partial charge in [-0.05, 0) is 36.3 Å².